The molecule has 0 saturated heterocycles. The molecule has 32 heavy (non-hydrogen) atoms. The average molecular weight is 465 g/mol. The van der Waals surface area contributed by atoms with Gasteiger partial charge in [0.05, 0.1) is 5.69 Å². The number of hydrogen-bond acceptors (Lipinski definition) is 4. The second kappa shape index (κ2) is 11.1. The van der Waals surface area contributed by atoms with E-state index < -0.39 is 34.5 Å². The van der Waals surface area contributed by atoms with Crippen molar-refractivity contribution in [2.75, 3.05) is 31.5 Å². The topological polar surface area (TPSA) is 90.0 Å². The fourth-order valence-corrected chi connectivity index (χ4v) is 4.06. The highest BCUT2D eigenvalue weighted by molar-refractivity contribution is 7.90. The Morgan fingerprint density at radius 2 is 1.62 bits per heavy atom. The van der Waals surface area contributed by atoms with E-state index in [0.717, 1.165) is 26.3 Å². The Hall–Kier alpha value is -2.98. The minimum atomic E-state index is -4.07. The molecular formula is C22H29FN4O4S. The van der Waals surface area contributed by atoms with Crippen molar-refractivity contribution in [1.82, 2.24) is 14.5 Å². The van der Waals surface area contributed by atoms with Crippen LogP contribution in [0.1, 0.15) is 19.4 Å². The first kappa shape index (κ1) is 25.3. The van der Waals surface area contributed by atoms with Gasteiger partial charge in [-0.2, -0.15) is 12.7 Å². The molecule has 0 radical (unpaired) electrons. The number of nitrogens with zero attached hydrogens (tertiary/aromatic N) is 3. The summed E-state index contributed by atoms with van der Waals surface area (Å²) in [6.07, 6.45) is 0. The summed E-state index contributed by atoms with van der Waals surface area (Å²) >= 11 is 0. The summed E-state index contributed by atoms with van der Waals surface area (Å²) in [5, 5.41) is 2.69. The molecule has 10 heteroatoms. The number of benzene rings is 2. The highest BCUT2D eigenvalue weighted by atomic mass is 32.2. The molecule has 2 aromatic carbocycles. The molecule has 0 bridgehead atoms. The number of halogens is 1. The molecule has 2 rings (SSSR count). The van der Waals surface area contributed by atoms with E-state index in [1.165, 1.54) is 31.1 Å². The molecular weight excluding hydrogens is 435 g/mol. The lowest BCUT2D eigenvalue weighted by Crippen LogP contribution is -2.52. The summed E-state index contributed by atoms with van der Waals surface area (Å²) in [6.45, 7) is 3.33. The van der Waals surface area contributed by atoms with E-state index in [-0.39, 0.29) is 18.1 Å². The van der Waals surface area contributed by atoms with Crippen LogP contribution in [0, 0.1) is 5.82 Å². The molecule has 1 N–H and O–H groups in total. The van der Waals surface area contributed by atoms with Gasteiger partial charge in [0.25, 0.3) is 0 Å². The van der Waals surface area contributed by atoms with E-state index in [1.54, 1.807) is 13.8 Å². The molecule has 0 aliphatic rings. The fourth-order valence-electron chi connectivity index (χ4n) is 3.01. The van der Waals surface area contributed by atoms with Crippen LogP contribution in [0.5, 0.6) is 0 Å². The van der Waals surface area contributed by atoms with Gasteiger partial charge in [-0.3, -0.25) is 9.59 Å². The molecule has 0 aliphatic heterocycles. The van der Waals surface area contributed by atoms with Gasteiger partial charge in [0.1, 0.15) is 18.4 Å². The third-order valence-electron chi connectivity index (χ3n) is 4.85. The van der Waals surface area contributed by atoms with Crippen LogP contribution in [0.4, 0.5) is 10.1 Å². The van der Waals surface area contributed by atoms with Gasteiger partial charge < -0.3 is 10.2 Å². The molecule has 0 aromatic heterocycles. The number of anilines is 1. The van der Waals surface area contributed by atoms with E-state index in [4.69, 9.17) is 0 Å². The van der Waals surface area contributed by atoms with Crippen LogP contribution in [0.3, 0.4) is 0 Å². The quantitative estimate of drug-likeness (QED) is 0.582. The number of likely N-dealkylation sites (N-methyl/N-ethyl adjacent to an activating group) is 1. The zero-order chi connectivity index (χ0) is 23.9. The van der Waals surface area contributed by atoms with E-state index >= 15 is 0 Å². The van der Waals surface area contributed by atoms with Gasteiger partial charge in [0, 0.05) is 27.2 Å². The number of nitrogens with one attached hydrogen (secondary N) is 1. The minimum Gasteiger partial charge on any atom is -0.355 e. The Morgan fingerprint density at radius 1 is 1.03 bits per heavy atom. The number of carbonyl (C=O) groups is 2. The molecule has 0 heterocycles. The Morgan fingerprint density at radius 3 is 2.16 bits per heavy atom. The van der Waals surface area contributed by atoms with E-state index in [2.05, 4.69) is 5.32 Å². The van der Waals surface area contributed by atoms with Gasteiger partial charge in [0.2, 0.25) is 11.8 Å². The summed E-state index contributed by atoms with van der Waals surface area (Å²) in [4.78, 5) is 27.2. The lowest BCUT2D eigenvalue weighted by Gasteiger charge is -2.32. The highest BCUT2D eigenvalue weighted by Gasteiger charge is 2.32. The first-order valence-electron chi connectivity index (χ1n) is 10.1. The number of rotatable bonds is 10. The Balaban J connectivity index is 2.41. The van der Waals surface area contributed by atoms with Crippen molar-refractivity contribution in [2.24, 2.45) is 0 Å². The first-order valence-corrected chi connectivity index (χ1v) is 11.5. The minimum absolute atomic E-state index is 0.122. The highest BCUT2D eigenvalue weighted by Crippen LogP contribution is 2.21. The van der Waals surface area contributed by atoms with E-state index in [9.17, 15) is 22.4 Å². The zero-order valence-corrected chi connectivity index (χ0v) is 19.5. The maximum Gasteiger partial charge on any atom is 0.304 e. The smallest absolute Gasteiger partial charge is 0.304 e. The summed E-state index contributed by atoms with van der Waals surface area (Å²) in [7, 11) is -1.38. The second-order valence-corrected chi connectivity index (χ2v) is 9.42. The molecule has 2 aromatic rings. The van der Waals surface area contributed by atoms with Crippen molar-refractivity contribution in [2.45, 2.75) is 26.4 Å². The lowest BCUT2D eigenvalue weighted by atomic mass is 10.1. The first-order chi connectivity index (χ1) is 15.1. The molecule has 2 amide bonds. The summed E-state index contributed by atoms with van der Waals surface area (Å²) in [5.74, 6) is -1.44. The van der Waals surface area contributed by atoms with Crippen molar-refractivity contribution in [1.29, 1.82) is 0 Å². The molecule has 0 aliphatic carbocycles. The molecule has 0 spiro atoms. The molecule has 0 unspecified atom stereocenters. The van der Waals surface area contributed by atoms with Gasteiger partial charge in [-0.05, 0) is 43.7 Å². The Labute approximate surface area is 188 Å². The zero-order valence-electron chi connectivity index (χ0n) is 18.7. The van der Waals surface area contributed by atoms with Gasteiger partial charge in [-0.1, -0.05) is 30.3 Å². The number of amides is 2. The van der Waals surface area contributed by atoms with Crippen molar-refractivity contribution >= 4 is 27.7 Å². The van der Waals surface area contributed by atoms with Crippen molar-refractivity contribution in [3.63, 3.8) is 0 Å². The van der Waals surface area contributed by atoms with Crippen LogP contribution >= 0.6 is 0 Å². The lowest BCUT2D eigenvalue weighted by molar-refractivity contribution is -0.139. The Bertz CT molecular complexity index is 1010. The maximum absolute atomic E-state index is 13.4. The molecule has 174 valence electrons. The van der Waals surface area contributed by atoms with Crippen LogP contribution in [0.25, 0.3) is 0 Å². The number of carbonyl (C=O) groups excluding carboxylic acids is 2. The van der Waals surface area contributed by atoms with Crippen LogP contribution in [0.2, 0.25) is 0 Å². The second-order valence-electron chi connectivity index (χ2n) is 7.35. The summed E-state index contributed by atoms with van der Waals surface area (Å²) in [6, 6.07) is 13.1. The molecule has 0 saturated carbocycles. The predicted molar refractivity (Wildman–Crippen MR) is 121 cm³/mol. The predicted octanol–water partition coefficient (Wildman–Crippen LogP) is 1.99. The maximum atomic E-state index is 13.4. The van der Waals surface area contributed by atoms with E-state index in [0.29, 0.717) is 6.54 Å². The number of hydrogen-bond donors (Lipinski definition) is 1. The Kier molecular flexibility index (Phi) is 8.73. The van der Waals surface area contributed by atoms with Gasteiger partial charge in [-0.25, -0.2) is 8.70 Å². The van der Waals surface area contributed by atoms with E-state index in [1.807, 2.05) is 30.3 Å². The molecule has 8 nitrogen and oxygen atoms in total. The van der Waals surface area contributed by atoms with Crippen LogP contribution in [-0.2, 0) is 26.3 Å². The average Bonchev–Trinajstić information content (AvgIpc) is 2.76. The standard InChI is InChI=1S/C22H29FN4O4S/c1-5-24-22(29)17(2)26(15-18-9-7-6-8-10-18)21(28)16-27(32(30,31)25(3)4)20-13-11-19(23)12-14-20/h6-14,17H,5,15-16H2,1-4H3,(H,24,29)/t17-/m0/s1. The third kappa shape index (κ3) is 6.27. The SMILES string of the molecule is CCNC(=O)[C@H](C)N(Cc1ccccc1)C(=O)CN(c1ccc(F)cc1)S(=O)(=O)N(C)C. The summed E-state index contributed by atoms with van der Waals surface area (Å²) < 4.78 is 41.2. The molecule has 1 atom stereocenters. The molecule has 0 fully saturated rings. The van der Waals surface area contributed by atoms with Gasteiger partial charge in [-0.15, -0.1) is 0 Å². The summed E-state index contributed by atoms with van der Waals surface area (Å²) in [5.41, 5.74) is 0.930. The normalized spacial score (nSPS) is 12.3. The fraction of sp³-hybridized carbons (Fsp3) is 0.364. The van der Waals surface area contributed by atoms with Crippen molar-refractivity contribution < 1.29 is 22.4 Å². The van der Waals surface area contributed by atoms with Gasteiger partial charge in [0.15, 0.2) is 0 Å². The van der Waals surface area contributed by atoms with Crippen molar-refractivity contribution in [3.05, 3.63) is 66.0 Å². The van der Waals surface area contributed by atoms with Crippen LogP contribution in [0.15, 0.2) is 54.6 Å². The van der Waals surface area contributed by atoms with Crippen molar-refractivity contribution in [3.8, 4) is 0 Å². The van der Waals surface area contributed by atoms with Crippen LogP contribution in [-0.4, -0.2) is 62.7 Å². The van der Waals surface area contributed by atoms with Crippen LogP contribution < -0.4 is 9.62 Å². The monoisotopic (exact) mass is 464 g/mol. The third-order valence-corrected chi connectivity index (χ3v) is 6.67. The largest absolute Gasteiger partial charge is 0.355 e. The van der Waals surface area contributed by atoms with Gasteiger partial charge >= 0.3 is 10.2 Å².